The van der Waals surface area contributed by atoms with Gasteiger partial charge < -0.3 is 0 Å². The van der Waals surface area contributed by atoms with Gasteiger partial charge in [0.25, 0.3) is 17.5 Å². The monoisotopic (exact) mass is 441 g/mol. The fourth-order valence-electron chi connectivity index (χ4n) is 3.25. The molecule has 4 rings (SSSR count). The molecule has 9 nitrogen and oxygen atoms in total. The Balaban J connectivity index is 1.59. The van der Waals surface area contributed by atoms with Crippen LogP contribution in [0.1, 0.15) is 26.3 Å². The van der Waals surface area contributed by atoms with E-state index in [0.29, 0.717) is 5.69 Å². The zero-order valence-corrected chi connectivity index (χ0v) is 17.6. The van der Waals surface area contributed by atoms with Gasteiger partial charge in [0.15, 0.2) is 0 Å². The molecule has 0 atom stereocenters. The lowest BCUT2D eigenvalue weighted by molar-refractivity contribution is -0.384. The average molecular weight is 441 g/mol. The Hall–Kier alpha value is -4.79. The quantitative estimate of drug-likeness (QED) is 0.360. The number of aromatic nitrogens is 2. The van der Waals surface area contributed by atoms with E-state index in [-0.39, 0.29) is 16.8 Å². The molecule has 3 aromatic carbocycles. The SMILES string of the molecule is Cc1cccc(-c2nn(-c3ccccc3)cc2C(=O)NNC(=O)c2ccc([N+](=O)[O-])cc2)c1. The van der Waals surface area contributed by atoms with Gasteiger partial charge in [-0.1, -0.05) is 42.0 Å². The number of nitro groups is 1. The van der Waals surface area contributed by atoms with Crippen LogP contribution >= 0.6 is 0 Å². The molecule has 0 unspecified atom stereocenters. The van der Waals surface area contributed by atoms with E-state index in [9.17, 15) is 19.7 Å². The van der Waals surface area contributed by atoms with Gasteiger partial charge in [0.05, 0.1) is 16.2 Å². The molecule has 0 radical (unpaired) electrons. The molecule has 4 aromatic rings. The summed E-state index contributed by atoms with van der Waals surface area (Å²) in [6.45, 7) is 1.95. The first-order valence-electron chi connectivity index (χ1n) is 9.99. The van der Waals surface area contributed by atoms with E-state index in [2.05, 4.69) is 16.0 Å². The fourth-order valence-corrected chi connectivity index (χ4v) is 3.25. The molecule has 0 saturated carbocycles. The topological polar surface area (TPSA) is 119 Å². The maximum Gasteiger partial charge on any atom is 0.273 e. The van der Waals surface area contributed by atoms with Crippen molar-refractivity contribution in [2.45, 2.75) is 6.92 Å². The molecule has 0 spiro atoms. The highest BCUT2D eigenvalue weighted by Gasteiger charge is 2.20. The Labute approximate surface area is 188 Å². The third-order valence-electron chi connectivity index (χ3n) is 4.90. The van der Waals surface area contributed by atoms with Gasteiger partial charge in [-0.15, -0.1) is 0 Å². The predicted octanol–water partition coefficient (Wildman–Crippen LogP) is 3.83. The number of benzene rings is 3. The van der Waals surface area contributed by atoms with E-state index in [0.717, 1.165) is 16.8 Å². The molecule has 33 heavy (non-hydrogen) atoms. The zero-order chi connectivity index (χ0) is 23.4. The molecule has 0 aliphatic rings. The maximum absolute atomic E-state index is 13.0. The van der Waals surface area contributed by atoms with Crippen LogP contribution in [0.3, 0.4) is 0 Å². The smallest absolute Gasteiger partial charge is 0.267 e. The van der Waals surface area contributed by atoms with Crippen LogP contribution in [0.25, 0.3) is 16.9 Å². The zero-order valence-electron chi connectivity index (χ0n) is 17.6. The summed E-state index contributed by atoms with van der Waals surface area (Å²) in [5.41, 5.74) is 8.06. The minimum Gasteiger partial charge on any atom is -0.267 e. The van der Waals surface area contributed by atoms with Crippen LogP contribution in [-0.4, -0.2) is 26.5 Å². The van der Waals surface area contributed by atoms with Crippen LogP contribution in [0, 0.1) is 17.0 Å². The minimum absolute atomic E-state index is 0.133. The normalized spacial score (nSPS) is 10.5. The lowest BCUT2D eigenvalue weighted by atomic mass is 10.1. The maximum atomic E-state index is 13.0. The Morgan fingerprint density at radius 1 is 0.909 bits per heavy atom. The standard InChI is InChI=1S/C24H19N5O4/c1-16-6-5-7-18(14-16)22-21(15-28(27-22)19-8-3-2-4-9-19)24(31)26-25-23(30)17-10-12-20(13-11-17)29(32)33/h2-15H,1H3,(H,25,30)(H,26,31). The summed E-state index contributed by atoms with van der Waals surface area (Å²) in [7, 11) is 0. The molecule has 1 heterocycles. The number of rotatable bonds is 5. The summed E-state index contributed by atoms with van der Waals surface area (Å²) >= 11 is 0. The molecule has 0 fully saturated rings. The number of aryl methyl sites for hydroxylation is 1. The third-order valence-corrected chi connectivity index (χ3v) is 4.90. The van der Waals surface area contributed by atoms with E-state index in [1.165, 1.54) is 24.3 Å². The number of carbonyl (C=O) groups is 2. The second-order valence-electron chi connectivity index (χ2n) is 7.25. The summed E-state index contributed by atoms with van der Waals surface area (Å²) in [6.07, 6.45) is 1.60. The molecule has 0 saturated heterocycles. The molecular weight excluding hydrogens is 422 g/mol. The van der Waals surface area contributed by atoms with Crippen molar-refractivity contribution in [1.29, 1.82) is 0 Å². The van der Waals surface area contributed by atoms with Crippen LogP contribution < -0.4 is 10.9 Å². The molecule has 1 aromatic heterocycles. The van der Waals surface area contributed by atoms with Crippen molar-refractivity contribution in [3.8, 4) is 16.9 Å². The average Bonchev–Trinajstić information content (AvgIpc) is 3.29. The fraction of sp³-hybridized carbons (Fsp3) is 0.0417. The second kappa shape index (κ2) is 9.15. The second-order valence-corrected chi connectivity index (χ2v) is 7.25. The number of hydrogen-bond donors (Lipinski definition) is 2. The largest absolute Gasteiger partial charge is 0.273 e. The molecule has 2 N–H and O–H groups in total. The lowest BCUT2D eigenvalue weighted by Gasteiger charge is -2.08. The van der Waals surface area contributed by atoms with Crippen LogP contribution in [-0.2, 0) is 0 Å². The summed E-state index contributed by atoms with van der Waals surface area (Å²) < 4.78 is 1.60. The van der Waals surface area contributed by atoms with Gasteiger partial charge in [0.1, 0.15) is 5.69 Å². The van der Waals surface area contributed by atoms with Crippen molar-refractivity contribution < 1.29 is 14.5 Å². The highest BCUT2D eigenvalue weighted by atomic mass is 16.6. The van der Waals surface area contributed by atoms with Gasteiger partial charge in [-0.3, -0.25) is 30.6 Å². The number of hydrogen-bond acceptors (Lipinski definition) is 5. The van der Waals surface area contributed by atoms with E-state index in [1.807, 2.05) is 61.5 Å². The van der Waals surface area contributed by atoms with Gasteiger partial charge in [-0.2, -0.15) is 5.10 Å². The van der Waals surface area contributed by atoms with Crippen LogP contribution in [0.15, 0.2) is 85.1 Å². The Morgan fingerprint density at radius 2 is 1.61 bits per heavy atom. The number of para-hydroxylation sites is 1. The number of nitro benzene ring substituents is 1. The summed E-state index contributed by atoms with van der Waals surface area (Å²) in [4.78, 5) is 35.6. The summed E-state index contributed by atoms with van der Waals surface area (Å²) in [6, 6.07) is 22.0. The van der Waals surface area contributed by atoms with Crippen LogP contribution in [0.5, 0.6) is 0 Å². The van der Waals surface area contributed by atoms with Crippen molar-refractivity contribution in [3.05, 3.63) is 112 Å². The van der Waals surface area contributed by atoms with E-state index < -0.39 is 16.7 Å². The van der Waals surface area contributed by atoms with Gasteiger partial charge >= 0.3 is 0 Å². The Morgan fingerprint density at radius 3 is 2.27 bits per heavy atom. The molecule has 9 heteroatoms. The highest BCUT2D eigenvalue weighted by molar-refractivity contribution is 6.02. The number of nitrogens with zero attached hydrogens (tertiary/aromatic N) is 3. The molecular formula is C24H19N5O4. The molecule has 164 valence electrons. The Kier molecular flexibility index (Phi) is 5.94. The molecule has 0 aliphatic heterocycles. The number of non-ortho nitro benzene ring substituents is 1. The number of carbonyl (C=O) groups excluding carboxylic acids is 2. The Bertz CT molecular complexity index is 1330. The van der Waals surface area contributed by atoms with Crippen molar-refractivity contribution in [2.75, 3.05) is 0 Å². The van der Waals surface area contributed by atoms with Gasteiger partial charge in [-0.05, 0) is 37.3 Å². The van der Waals surface area contributed by atoms with Crippen molar-refractivity contribution in [2.24, 2.45) is 0 Å². The van der Waals surface area contributed by atoms with Crippen molar-refractivity contribution in [1.82, 2.24) is 20.6 Å². The molecule has 0 bridgehead atoms. The molecule has 0 aliphatic carbocycles. The van der Waals surface area contributed by atoms with E-state index in [4.69, 9.17) is 0 Å². The third kappa shape index (κ3) is 4.77. The first-order valence-corrected chi connectivity index (χ1v) is 9.99. The summed E-state index contributed by atoms with van der Waals surface area (Å²) in [5, 5.41) is 15.4. The van der Waals surface area contributed by atoms with Crippen molar-refractivity contribution in [3.63, 3.8) is 0 Å². The number of amides is 2. The lowest BCUT2D eigenvalue weighted by Crippen LogP contribution is -2.41. The summed E-state index contributed by atoms with van der Waals surface area (Å²) in [5.74, 6) is -1.16. The first-order chi connectivity index (χ1) is 15.9. The van der Waals surface area contributed by atoms with Gasteiger partial charge in [0.2, 0.25) is 0 Å². The highest BCUT2D eigenvalue weighted by Crippen LogP contribution is 2.24. The van der Waals surface area contributed by atoms with Gasteiger partial charge in [-0.25, -0.2) is 4.68 Å². The van der Waals surface area contributed by atoms with E-state index in [1.54, 1.807) is 10.9 Å². The van der Waals surface area contributed by atoms with Crippen molar-refractivity contribution >= 4 is 17.5 Å². The number of hydrazine groups is 1. The van der Waals surface area contributed by atoms with Crippen LogP contribution in [0.2, 0.25) is 0 Å². The first kappa shape index (κ1) is 21.4. The van der Waals surface area contributed by atoms with Gasteiger partial charge in [0, 0.05) is 29.5 Å². The molecule has 2 amide bonds. The number of nitrogens with one attached hydrogen (secondary N) is 2. The van der Waals surface area contributed by atoms with Crippen LogP contribution in [0.4, 0.5) is 5.69 Å². The predicted molar refractivity (Wildman–Crippen MR) is 122 cm³/mol. The van der Waals surface area contributed by atoms with E-state index >= 15 is 0 Å². The minimum atomic E-state index is -0.606.